The number of fused-ring (bicyclic) bond motifs is 1. The number of thioether (sulfide) groups is 2. The number of likely N-dealkylation sites (tertiary alicyclic amines) is 1. The number of aliphatic hydroxyl groups excluding tert-OH is 1. The van der Waals surface area contributed by atoms with Gasteiger partial charge < -0.3 is 29.6 Å². The van der Waals surface area contributed by atoms with Gasteiger partial charge >= 0.3 is 12.1 Å². The van der Waals surface area contributed by atoms with Crippen LogP contribution in [0.25, 0.3) is 0 Å². The number of β-lactam (4-membered cyclic amide) rings is 1. The molecule has 2 aromatic rings. The summed E-state index contributed by atoms with van der Waals surface area (Å²) in [5.74, 6) is -2.12. The molecule has 4 heterocycles. The third-order valence-electron chi connectivity index (χ3n) is 8.39. The van der Waals surface area contributed by atoms with Crippen molar-refractivity contribution in [2.75, 3.05) is 32.9 Å². The van der Waals surface area contributed by atoms with E-state index in [2.05, 4.69) is 15.5 Å². The van der Waals surface area contributed by atoms with E-state index in [4.69, 9.17) is 4.74 Å². The van der Waals surface area contributed by atoms with Gasteiger partial charge in [0.05, 0.1) is 29.5 Å². The van der Waals surface area contributed by atoms with Crippen LogP contribution in [0.4, 0.5) is 10.5 Å². The Morgan fingerprint density at radius 1 is 1.26 bits per heavy atom. The topological polar surface area (TPSA) is 197 Å². The first-order chi connectivity index (χ1) is 21.9. The van der Waals surface area contributed by atoms with Crippen LogP contribution in [0.3, 0.4) is 0 Å². The highest BCUT2D eigenvalue weighted by atomic mass is 32.2. The number of hydrogen-bond acceptors (Lipinski definition) is 13. The second kappa shape index (κ2) is 13.9. The van der Waals surface area contributed by atoms with E-state index in [0.29, 0.717) is 34.3 Å². The number of rotatable bonds is 13. The summed E-state index contributed by atoms with van der Waals surface area (Å²) in [6.45, 7) is 4.90. The Kier molecular flexibility index (Phi) is 10.2. The van der Waals surface area contributed by atoms with Gasteiger partial charge in [-0.1, -0.05) is 18.7 Å². The molecule has 6 atom stereocenters. The Labute approximate surface area is 273 Å². The van der Waals surface area contributed by atoms with E-state index in [-0.39, 0.29) is 41.7 Å². The monoisotopic (exact) mass is 676 g/mol. The molecular formula is C28H36N8O8S2. The molecule has 46 heavy (non-hydrogen) atoms. The zero-order valence-corrected chi connectivity index (χ0v) is 27.4. The van der Waals surface area contributed by atoms with Crippen LogP contribution in [0.1, 0.15) is 25.8 Å². The number of likely N-dealkylation sites (N-methyl/N-ethyl adjacent to an activating group) is 1. The van der Waals surface area contributed by atoms with Crippen molar-refractivity contribution in [3.8, 4) is 0 Å². The quantitative estimate of drug-likeness (QED) is 0.135. The molecule has 0 bridgehead atoms. The number of nitrogens with zero attached hydrogens (tertiary/aromatic N) is 8. The Bertz CT molecular complexity index is 1520. The number of non-ortho nitro benzene ring substituents is 1. The molecule has 2 amide bonds. The van der Waals surface area contributed by atoms with Gasteiger partial charge in [0.15, 0.2) is 0 Å². The Balaban J connectivity index is 1.32. The highest BCUT2D eigenvalue weighted by molar-refractivity contribution is 8.03. The minimum absolute atomic E-state index is 0.0606. The summed E-state index contributed by atoms with van der Waals surface area (Å²) < 4.78 is 7.33. The van der Waals surface area contributed by atoms with Crippen LogP contribution >= 0.6 is 23.5 Å². The van der Waals surface area contributed by atoms with Gasteiger partial charge in [-0.15, -0.1) is 16.9 Å². The fourth-order valence-corrected chi connectivity index (χ4v) is 8.64. The van der Waals surface area contributed by atoms with Gasteiger partial charge in [-0.25, -0.2) is 14.3 Å². The molecule has 248 valence electrons. The lowest BCUT2D eigenvalue weighted by molar-refractivity contribution is -0.384. The number of carbonyl (C=O) groups is 3. The molecule has 5 rings (SSSR count). The van der Waals surface area contributed by atoms with Crippen LogP contribution in [0.2, 0.25) is 0 Å². The van der Waals surface area contributed by atoms with Crippen LogP contribution in [-0.4, -0.2) is 124 Å². The number of aliphatic hydroxyl groups is 1. The van der Waals surface area contributed by atoms with E-state index in [1.165, 1.54) is 59.6 Å². The number of aromatic nitrogens is 4. The maximum atomic E-state index is 13.4. The number of carbonyl (C=O) groups excluding carboxylic acids is 2. The molecule has 0 saturated carbocycles. The zero-order chi connectivity index (χ0) is 33.3. The van der Waals surface area contributed by atoms with Gasteiger partial charge in [0.2, 0.25) is 11.1 Å². The van der Waals surface area contributed by atoms with Crippen molar-refractivity contribution in [1.82, 2.24) is 34.9 Å². The number of carboxylic acids is 1. The lowest BCUT2D eigenvalue weighted by Gasteiger charge is -2.46. The SMILES string of the molecule is C[C@@H](O)[C@H]1C(=O)N2C(C(=O)O)=C(S[C@H]3C[C@@H](CSc4nnnn4CCN(C)C)N(C(=O)OCc4ccc([N+](=O)[O-])cc4)C3)[C@H](C)[C@H]12. The van der Waals surface area contributed by atoms with E-state index in [9.17, 15) is 34.7 Å². The Hall–Kier alpha value is -3.74. The summed E-state index contributed by atoms with van der Waals surface area (Å²) in [5.41, 5.74) is 0.462. The van der Waals surface area contributed by atoms with Crippen molar-refractivity contribution in [3.05, 3.63) is 50.5 Å². The van der Waals surface area contributed by atoms with Gasteiger partial charge in [0.25, 0.3) is 5.69 Å². The fourth-order valence-electron chi connectivity index (χ4n) is 6.05. The predicted molar refractivity (Wildman–Crippen MR) is 166 cm³/mol. The molecular weight excluding hydrogens is 640 g/mol. The van der Waals surface area contributed by atoms with Crippen LogP contribution < -0.4 is 0 Å². The molecule has 2 saturated heterocycles. The van der Waals surface area contributed by atoms with Crippen molar-refractivity contribution in [3.63, 3.8) is 0 Å². The summed E-state index contributed by atoms with van der Waals surface area (Å²) in [6, 6.07) is 5.01. The summed E-state index contributed by atoms with van der Waals surface area (Å²) in [6.07, 6.45) is -0.955. The van der Waals surface area contributed by atoms with Crippen molar-refractivity contribution >= 4 is 47.2 Å². The van der Waals surface area contributed by atoms with Crippen LogP contribution in [0, 0.1) is 22.0 Å². The maximum Gasteiger partial charge on any atom is 0.410 e. The first-order valence-corrected chi connectivity index (χ1v) is 16.6. The second-order valence-electron chi connectivity index (χ2n) is 11.8. The van der Waals surface area contributed by atoms with Crippen LogP contribution in [-0.2, 0) is 27.5 Å². The number of nitro groups is 1. The van der Waals surface area contributed by atoms with E-state index in [1.54, 1.807) is 9.58 Å². The molecule has 2 N–H and O–H groups in total. The number of amides is 2. The smallest absolute Gasteiger partial charge is 0.410 e. The highest BCUT2D eigenvalue weighted by Crippen LogP contribution is 2.52. The van der Waals surface area contributed by atoms with Crippen LogP contribution in [0.15, 0.2) is 40.0 Å². The number of carboxylic acid groups (broad SMARTS) is 1. The molecule has 0 aliphatic carbocycles. The summed E-state index contributed by atoms with van der Waals surface area (Å²) in [4.78, 5) is 54.5. The summed E-state index contributed by atoms with van der Waals surface area (Å²) in [5, 5.41) is 43.7. The molecule has 0 spiro atoms. The molecule has 3 aliphatic heterocycles. The van der Waals surface area contributed by atoms with E-state index in [0.717, 1.165) is 6.54 Å². The number of tetrazole rings is 1. The van der Waals surface area contributed by atoms with E-state index >= 15 is 0 Å². The molecule has 18 heteroatoms. The van der Waals surface area contributed by atoms with Gasteiger partial charge in [-0.05, 0) is 55.6 Å². The maximum absolute atomic E-state index is 13.4. The lowest BCUT2D eigenvalue weighted by Crippen LogP contribution is -2.63. The third-order valence-corrected chi connectivity index (χ3v) is 11.0. The zero-order valence-electron chi connectivity index (χ0n) is 25.8. The standard InChI is InChI=1S/C28H36N8O8S2/c1-15-22-21(16(2)37)25(38)35(22)23(26(39)40)24(15)46-20-11-19(14-45-27-29-30-31-34(27)10-9-32(3)4)33(12-20)28(41)44-13-17-5-7-18(8-6-17)36(42)43/h5-8,15-16,19-22,37H,9-14H2,1-4H3,(H,39,40)/t15-,16-,19+,20+,21-,22-/m1/s1. The van der Waals surface area contributed by atoms with Gasteiger partial charge in [0, 0.05) is 53.1 Å². The molecule has 3 aliphatic rings. The third kappa shape index (κ3) is 6.84. The summed E-state index contributed by atoms with van der Waals surface area (Å²) >= 11 is 2.76. The van der Waals surface area contributed by atoms with Crippen molar-refractivity contribution in [1.29, 1.82) is 0 Å². The Morgan fingerprint density at radius 3 is 2.61 bits per heavy atom. The number of ether oxygens (including phenoxy) is 1. The second-order valence-corrected chi connectivity index (χ2v) is 14.2. The molecule has 2 fully saturated rings. The number of benzene rings is 1. The lowest BCUT2D eigenvalue weighted by atomic mass is 9.79. The largest absolute Gasteiger partial charge is 0.477 e. The molecule has 1 aromatic heterocycles. The van der Waals surface area contributed by atoms with Gasteiger partial charge in [-0.3, -0.25) is 14.9 Å². The van der Waals surface area contributed by atoms with Crippen molar-refractivity contribution < 1.29 is 34.3 Å². The van der Waals surface area contributed by atoms with E-state index in [1.807, 2.05) is 25.9 Å². The van der Waals surface area contributed by atoms with E-state index < -0.39 is 41.0 Å². The molecule has 16 nitrogen and oxygen atoms in total. The number of nitro benzene ring substituents is 1. The highest BCUT2D eigenvalue weighted by Gasteiger charge is 2.60. The number of aliphatic carboxylic acids is 1. The molecule has 0 unspecified atom stereocenters. The Morgan fingerprint density at radius 2 is 1.98 bits per heavy atom. The first-order valence-electron chi connectivity index (χ1n) is 14.7. The molecule has 1 aromatic carbocycles. The van der Waals surface area contributed by atoms with Crippen molar-refractivity contribution in [2.24, 2.45) is 11.8 Å². The average Bonchev–Trinajstić information content (AvgIpc) is 3.69. The van der Waals surface area contributed by atoms with Gasteiger partial charge in [-0.2, -0.15) is 0 Å². The summed E-state index contributed by atoms with van der Waals surface area (Å²) in [7, 11) is 3.90. The fraction of sp³-hybridized carbons (Fsp3) is 0.571. The minimum Gasteiger partial charge on any atom is -0.477 e. The van der Waals surface area contributed by atoms with Crippen molar-refractivity contribution in [2.45, 2.75) is 62.0 Å². The van der Waals surface area contributed by atoms with Crippen LogP contribution in [0.5, 0.6) is 0 Å². The average molecular weight is 677 g/mol. The number of hydrogen-bond donors (Lipinski definition) is 2. The van der Waals surface area contributed by atoms with Gasteiger partial charge in [0.1, 0.15) is 12.3 Å². The normalized spacial score (nSPS) is 24.7. The minimum atomic E-state index is -1.21. The predicted octanol–water partition coefficient (Wildman–Crippen LogP) is 1.90. The molecule has 0 radical (unpaired) electrons. The first kappa shape index (κ1) is 33.6.